The second kappa shape index (κ2) is 6.39. The predicted molar refractivity (Wildman–Crippen MR) is 69.7 cm³/mol. The van der Waals surface area contributed by atoms with Gasteiger partial charge in [-0.15, -0.1) is 11.8 Å². The molecule has 1 N–H and O–H groups in total. The van der Waals surface area contributed by atoms with E-state index in [0.29, 0.717) is 6.42 Å². The van der Waals surface area contributed by atoms with Gasteiger partial charge in [0.25, 0.3) is 0 Å². The number of sulfonamides is 1. The van der Waals surface area contributed by atoms with Crippen molar-refractivity contribution in [3.8, 4) is 11.8 Å². The van der Waals surface area contributed by atoms with E-state index in [2.05, 4.69) is 16.6 Å². The van der Waals surface area contributed by atoms with E-state index in [9.17, 15) is 12.8 Å². The van der Waals surface area contributed by atoms with Crippen molar-refractivity contribution in [3.63, 3.8) is 0 Å². The van der Waals surface area contributed by atoms with E-state index in [1.165, 1.54) is 0 Å². The van der Waals surface area contributed by atoms with Gasteiger partial charge in [0.15, 0.2) is 5.82 Å². The molecule has 0 aliphatic carbocycles. The van der Waals surface area contributed by atoms with Crippen molar-refractivity contribution in [3.05, 3.63) is 28.0 Å². The fourth-order valence-electron chi connectivity index (χ4n) is 1.17. The molecule has 98 valence electrons. The molecule has 0 bridgehead atoms. The summed E-state index contributed by atoms with van der Waals surface area (Å²) in [6.07, 6.45) is 0.365. The van der Waals surface area contributed by atoms with Crippen molar-refractivity contribution in [1.82, 2.24) is 4.72 Å². The molecule has 7 heteroatoms. The highest BCUT2D eigenvalue weighted by atomic mass is 35.5. The molecule has 0 saturated carbocycles. The molecular weight excluding hydrogens is 300 g/mol. The molecule has 0 unspecified atom stereocenters. The van der Waals surface area contributed by atoms with Crippen LogP contribution in [0.4, 0.5) is 4.39 Å². The SMILES string of the molecule is CC#CCCNS(=O)(=O)c1ccc(Cl)c(F)c1Cl. The molecule has 0 radical (unpaired) electrons. The van der Waals surface area contributed by atoms with Crippen LogP contribution < -0.4 is 4.72 Å². The summed E-state index contributed by atoms with van der Waals surface area (Å²) in [5.41, 5.74) is 0. The fourth-order valence-corrected chi connectivity index (χ4v) is 2.94. The van der Waals surface area contributed by atoms with Gasteiger partial charge in [-0.2, -0.15) is 0 Å². The zero-order valence-corrected chi connectivity index (χ0v) is 11.8. The summed E-state index contributed by atoms with van der Waals surface area (Å²) in [7, 11) is -3.86. The van der Waals surface area contributed by atoms with Gasteiger partial charge >= 0.3 is 0 Å². The third-order valence-electron chi connectivity index (χ3n) is 2.01. The molecule has 0 aliphatic heterocycles. The van der Waals surface area contributed by atoms with Gasteiger partial charge in [-0.25, -0.2) is 17.5 Å². The molecule has 18 heavy (non-hydrogen) atoms. The summed E-state index contributed by atoms with van der Waals surface area (Å²) in [6, 6.07) is 2.30. The van der Waals surface area contributed by atoms with E-state index in [0.717, 1.165) is 12.1 Å². The molecule has 1 rings (SSSR count). The monoisotopic (exact) mass is 309 g/mol. The minimum Gasteiger partial charge on any atom is -0.210 e. The Hall–Kier alpha value is -0.800. The summed E-state index contributed by atoms with van der Waals surface area (Å²) < 4.78 is 39.3. The second-order valence-electron chi connectivity index (χ2n) is 3.25. The van der Waals surface area contributed by atoms with Crippen LogP contribution in [-0.2, 0) is 10.0 Å². The van der Waals surface area contributed by atoms with Gasteiger partial charge in [0.1, 0.15) is 4.90 Å². The molecule has 3 nitrogen and oxygen atoms in total. The summed E-state index contributed by atoms with van der Waals surface area (Å²) in [5, 5.41) is -0.743. The maximum Gasteiger partial charge on any atom is 0.242 e. The highest BCUT2D eigenvalue weighted by molar-refractivity contribution is 7.89. The summed E-state index contributed by atoms with van der Waals surface area (Å²) in [4.78, 5) is -0.337. The highest BCUT2D eigenvalue weighted by Crippen LogP contribution is 2.29. The first-order valence-electron chi connectivity index (χ1n) is 4.93. The minimum atomic E-state index is -3.86. The highest BCUT2D eigenvalue weighted by Gasteiger charge is 2.21. The van der Waals surface area contributed by atoms with Gasteiger partial charge in [0, 0.05) is 13.0 Å². The van der Waals surface area contributed by atoms with Gasteiger partial charge in [-0.1, -0.05) is 23.2 Å². The lowest BCUT2D eigenvalue weighted by atomic mass is 10.3. The van der Waals surface area contributed by atoms with Crippen LogP contribution in [0.2, 0.25) is 10.0 Å². The van der Waals surface area contributed by atoms with Crippen LogP contribution in [0.1, 0.15) is 13.3 Å². The topological polar surface area (TPSA) is 46.2 Å². The first-order chi connectivity index (χ1) is 8.40. The molecule has 0 saturated heterocycles. The van der Waals surface area contributed by atoms with Gasteiger partial charge in [-0.3, -0.25) is 0 Å². The maximum absolute atomic E-state index is 13.4. The number of benzene rings is 1. The third kappa shape index (κ3) is 3.59. The van der Waals surface area contributed by atoms with Crippen molar-refractivity contribution < 1.29 is 12.8 Å². The zero-order valence-electron chi connectivity index (χ0n) is 9.43. The van der Waals surface area contributed by atoms with Crippen molar-refractivity contribution in [2.45, 2.75) is 18.2 Å². The second-order valence-corrected chi connectivity index (χ2v) is 5.77. The lowest BCUT2D eigenvalue weighted by molar-refractivity contribution is 0.578. The van der Waals surface area contributed by atoms with Crippen LogP contribution in [0.5, 0.6) is 0 Å². The van der Waals surface area contributed by atoms with Gasteiger partial charge in [0.2, 0.25) is 10.0 Å². The standard InChI is InChI=1S/C11H10Cl2FNO2S/c1-2-3-4-7-15-18(16,17)9-6-5-8(12)11(14)10(9)13/h5-6,15H,4,7H2,1H3. The number of halogens is 3. The van der Waals surface area contributed by atoms with E-state index in [1.54, 1.807) is 6.92 Å². The van der Waals surface area contributed by atoms with E-state index < -0.39 is 20.9 Å². The maximum atomic E-state index is 13.4. The van der Waals surface area contributed by atoms with Crippen molar-refractivity contribution in [2.75, 3.05) is 6.54 Å². The molecule has 1 aromatic rings. The minimum absolute atomic E-state index is 0.129. The van der Waals surface area contributed by atoms with Crippen LogP contribution in [0, 0.1) is 17.7 Å². The van der Waals surface area contributed by atoms with E-state index >= 15 is 0 Å². The molecule has 1 aromatic carbocycles. The average Bonchev–Trinajstić information content (AvgIpc) is 2.31. The van der Waals surface area contributed by atoms with E-state index in [1.807, 2.05) is 0 Å². The van der Waals surface area contributed by atoms with Crippen LogP contribution in [0.25, 0.3) is 0 Å². The molecule has 0 atom stereocenters. The number of hydrogen-bond acceptors (Lipinski definition) is 2. The van der Waals surface area contributed by atoms with Crippen LogP contribution in [0.3, 0.4) is 0 Å². The molecule has 0 amide bonds. The first kappa shape index (κ1) is 15.3. The first-order valence-corrected chi connectivity index (χ1v) is 7.17. The number of rotatable bonds is 4. The van der Waals surface area contributed by atoms with Crippen molar-refractivity contribution >= 4 is 33.2 Å². The lowest BCUT2D eigenvalue weighted by Crippen LogP contribution is -2.25. The van der Waals surface area contributed by atoms with Crippen molar-refractivity contribution in [1.29, 1.82) is 0 Å². The average molecular weight is 310 g/mol. The normalized spacial score (nSPS) is 10.9. The quantitative estimate of drug-likeness (QED) is 0.528. The number of nitrogens with one attached hydrogen (secondary N) is 1. The Balaban J connectivity index is 2.98. The van der Waals surface area contributed by atoms with Gasteiger partial charge < -0.3 is 0 Å². The Bertz CT molecular complexity index is 605. The molecule has 0 fully saturated rings. The van der Waals surface area contributed by atoms with Crippen LogP contribution >= 0.6 is 23.2 Å². The number of hydrogen-bond donors (Lipinski definition) is 1. The summed E-state index contributed by atoms with van der Waals surface area (Å²) in [6.45, 7) is 1.78. The predicted octanol–water partition coefficient (Wildman–Crippen LogP) is 2.82. The summed E-state index contributed by atoms with van der Waals surface area (Å²) >= 11 is 11.1. The Kier molecular flexibility index (Phi) is 5.42. The van der Waals surface area contributed by atoms with E-state index in [-0.39, 0.29) is 16.5 Å². The lowest BCUT2D eigenvalue weighted by Gasteiger charge is -2.08. The third-order valence-corrected chi connectivity index (χ3v) is 4.29. The summed E-state index contributed by atoms with van der Waals surface area (Å²) in [5.74, 6) is 4.39. The largest absolute Gasteiger partial charge is 0.242 e. The van der Waals surface area contributed by atoms with Crippen molar-refractivity contribution in [2.24, 2.45) is 0 Å². The van der Waals surface area contributed by atoms with Gasteiger partial charge in [0.05, 0.1) is 10.0 Å². The Labute approximate surface area is 115 Å². The Morgan fingerprint density at radius 3 is 2.67 bits per heavy atom. The molecule has 0 spiro atoms. The smallest absolute Gasteiger partial charge is 0.210 e. The molecule has 0 heterocycles. The fraction of sp³-hybridized carbons (Fsp3) is 0.273. The van der Waals surface area contributed by atoms with E-state index in [4.69, 9.17) is 23.2 Å². The van der Waals surface area contributed by atoms with Gasteiger partial charge in [-0.05, 0) is 19.1 Å². The molecule has 0 aromatic heterocycles. The molecular formula is C11H10Cl2FNO2S. The van der Waals surface area contributed by atoms with Crippen LogP contribution in [-0.4, -0.2) is 15.0 Å². The Morgan fingerprint density at radius 2 is 2.06 bits per heavy atom. The zero-order chi connectivity index (χ0) is 13.8. The Morgan fingerprint density at radius 1 is 1.39 bits per heavy atom. The van der Waals surface area contributed by atoms with Crippen LogP contribution in [0.15, 0.2) is 17.0 Å². The molecule has 0 aliphatic rings.